The van der Waals surface area contributed by atoms with E-state index in [-0.39, 0.29) is 35.4 Å². The van der Waals surface area contributed by atoms with Crippen LogP contribution in [0, 0.1) is 0 Å². The van der Waals surface area contributed by atoms with Gasteiger partial charge in [0.1, 0.15) is 16.4 Å². The van der Waals surface area contributed by atoms with Crippen molar-refractivity contribution in [1.29, 1.82) is 0 Å². The Kier molecular flexibility index (Phi) is 5.74. The number of halogens is 6. The fourth-order valence-electron chi connectivity index (χ4n) is 2.24. The van der Waals surface area contributed by atoms with Crippen molar-refractivity contribution in [2.45, 2.75) is 17.2 Å². The van der Waals surface area contributed by atoms with Gasteiger partial charge in [-0.1, -0.05) is 0 Å². The number of sulfonamides is 1. The summed E-state index contributed by atoms with van der Waals surface area (Å²) in [5.41, 5.74) is -3.56. The lowest BCUT2D eigenvalue weighted by molar-refractivity contribution is -0.143. The molecule has 12 heteroatoms. The van der Waals surface area contributed by atoms with E-state index in [1.54, 1.807) is 0 Å². The molecule has 0 radical (unpaired) electrons. The number of hydrogen-bond donors (Lipinski definition) is 1. The Morgan fingerprint density at radius 3 is 2.00 bits per heavy atom. The molecule has 0 fully saturated rings. The highest BCUT2D eigenvalue weighted by molar-refractivity contribution is 7.92. The van der Waals surface area contributed by atoms with E-state index in [4.69, 9.17) is 9.47 Å². The maximum atomic E-state index is 13.2. The molecule has 0 amide bonds. The van der Waals surface area contributed by atoms with Crippen molar-refractivity contribution < 1.29 is 44.2 Å². The molecule has 0 aliphatic carbocycles. The molecule has 1 N–H and O–H groups in total. The number of methoxy groups -OCH3 is 2. The van der Waals surface area contributed by atoms with Crippen molar-refractivity contribution in [1.82, 2.24) is 0 Å². The number of rotatable bonds is 5. The Morgan fingerprint density at radius 2 is 1.50 bits per heavy atom. The number of benzene rings is 2. The SMILES string of the molecule is COc1ccc(NS(=O)(=O)c2cc(C(F)(F)F)ccc2C(F)(F)F)c(OC)c1. The normalized spacial score (nSPS) is 12.6. The Balaban J connectivity index is 2.61. The molecule has 0 atom stereocenters. The third-order valence-electron chi connectivity index (χ3n) is 3.56. The Hall–Kier alpha value is -2.63. The van der Waals surface area contributed by atoms with Gasteiger partial charge in [0, 0.05) is 6.07 Å². The van der Waals surface area contributed by atoms with Crippen LogP contribution >= 0.6 is 0 Å². The zero-order chi connectivity index (χ0) is 21.3. The fourth-order valence-corrected chi connectivity index (χ4v) is 3.56. The van der Waals surface area contributed by atoms with Crippen molar-refractivity contribution in [2.75, 3.05) is 18.9 Å². The average molecular weight is 429 g/mol. The number of anilines is 1. The second-order valence-electron chi connectivity index (χ2n) is 5.38. The van der Waals surface area contributed by atoms with Crippen LogP contribution in [0.4, 0.5) is 32.0 Å². The molecule has 0 spiro atoms. The average Bonchev–Trinajstić information content (AvgIpc) is 2.59. The first kappa shape index (κ1) is 21.7. The minimum Gasteiger partial charge on any atom is -0.497 e. The van der Waals surface area contributed by atoms with E-state index in [9.17, 15) is 34.8 Å². The molecule has 0 saturated heterocycles. The van der Waals surface area contributed by atoms with Crippen molar-refractivity contribution in [2.24, 2.45) is 0 Å². The highest BCUT2D eigenvalue weighted by Crippen LogP contribution is 2.39. The van der Waals surface area contributed by atoms with Gasteiger partial charge >= 0.3 is 12.4 Å². The molecule has 0 aliphatic rings. The van der Waals surface area contributed by atoms with Gasteiger partial charge in [-0.15, -0.1) is 0 Å². The first-order chi connectivity index (χ1) is 12.8. The molecule has 2 aromatic rings. The first-order valence-corrected chi connectivity index (χ1v) is 8.81. The summed E-state index contributed by atoms with van der Waals surface area (Å²) in [6.45, 7) is 0. The van der Waals surface area contributed by atoms with Gasteiger partial charge in [0.25, 0.3) is 10.0 Å². The summed E-state index contributed by atoms with van der Waals surface area (Å²) in [4.78, 5) is -1.56. The number of hydrogen-bond acceptors (Lipinski definition) is 4. The topological polar surface area (TPSA) is 64.6 Å². The van der Waals surface area contributed by atoms with Crippen molar-refractivity contribution in [3.63, 3.8) is 0 Å². The highest BCUT2D eigenvalue weighted by Gasteiger charge is 2.40. The number of nitrogens with one attached hydrogen (secondary N) is 1. The molecule has 2 rings (SSSR count). The molecule has 0 bridgehead atoms. The second kappa shape index (κ2) is 7.41. The third-order valence-corrected chi connectivity index (χ3v) is 4.96. The first-order valence-electron chi connectivity index (χ1n) is 7.33. The van der Waals surface area contributed by atoms with Crippen LogP contribution in [0.15, 0.2) is 41.3 Å². The minimum absolute atomic E-state index is 0.0683. The summed E-state index contributed by atoms with van der Waals surface area (Å²) in [7, 11) is -2.57. The van der Waals surface area contributed by atoms with Crippen LogP contribution in [0.25, 0.3) is 0 Å². The van der Waals surface area contributed by atoms with Crippen LogP contribution < -0.4 is 14.2 Å². The zero-order valence-electron chi connectivity index (χ0n) is 14.3. The Morgan fingerprint density at radius 1 is 0.857 bits per heavy atom. The lowest BCUT2D eigenvalue weighted by Crippen LogP contribution is -2.20. The molecule has 0 aliphatic heterocycles. The van der Waals surface area contributed by atoms with Crippen LogP contribution in [0.3, 0.4) is 0 Å². The lowest BCUT2D eigenvalue weighted by atomic mass is 10.1. The van der Waals surface area contributed by atoms with Gasteiger partial charge in [0.15, 0.2) is 0 Å². The van der Waals surface area contributed by atoms with E-state index in [1.807, 2.05) is 4.72 Å². The van der Waals surface area contributed by atoms with E-state index in [0.29, 0.717) is 0 Å². The zero-order valence-corrected chi connectivity index (χ0v) is 15.1. The van der Waals surface area contributed by atoms with Gasteiger partial charge in [-0.2, -0.15) is 26.3 Å². The smallest absolute Gasteiger partial charge is 0.417 e. The van der Waals surface area contributed by atoms with Gasteiger partial charge in [-0.3, -0.25) is 4.72 Å². The molecule has 5 nitrogen and oxygen atoms in total. The monoisotopic (exact) mass is 429 g/mol. The van der Waals surface area contributed by atoms with Crippen LogP contribution in [0.5, 0.6) is 11.5 Å². The van der Waals surface area contributed by atoms with E-state index < -0.39 is 38.4 Å². The Labute approximate surface area is 155 Å². The van der Waals surface area contributed by atoms with Crippen LogP contribution in [0.2, 0.25) is 0 Å². The summed E-state index contributed by atoms with van der Waals surface area (Å²) in [5, 5.41) is 0. The van der Waals surface area contributed by atoms with E-state index in [1.165, 1.54) is 19.2 Å². The van der Waals surface area contributed by atoms with E-state index >= 15 is 0 Å². The lowest BCUT2D eigenvalue weighted by Gasteiger charge is -2.18. The van der Waals surface area contributed by atoms with Crippen molar-refractivity contribution >= 4 is 15.7 Å². The molecule has 0 unspecified atom stereocenters. The third kappa shape index (κ3) is 4.61. The summed E-state index contributed by atoms with van der Waals surface area (Å²) in [6.07, 6.45) is -10.2. The minimum atomic E-state index is -5.20. The molecule has 0 aromatic heterocycles. The van der Waals surface area contributed by atoms with Gasteiger partial charge in [-0.05, 0) is 30.3 Å². The fraction of sp³-hybridized carbons (Fsp3) is 0.250. The molecule has 2 aromatic carbocycles. The van der Waals surface area contributed by atoms with Crippen molar-refractivity contribution in [3.05, 3.63) is 47.5 Å². The summed E-state index contributed by atoms with van der Waals surface area (Å²) in [6, 6.07) is 3.83. The standard InChI is InChI=1S/C16H13F6NO4S/c1-26-10-4-6-12(13(8-10)27-2)23-28(24,25)14-7-9(15(17,18)19)3-5-11(14)16(20,21)22/h3-8,23H,1-2H3. The molecule has 0 saturated carbocycles. The van der Waals surface area contributed by atoms with E-state index in [2.05, 4.69) is 0 Å². The van der Waals surface area contributed by atoms with Gasteiger partial charge in [-0.25, -0.2) is 8.42 Å². The quantitative estimate of drug-likeness (QED) is 0.709. The molecule has 28 heavy (non-hydrogen) atoms. The maximum absolute atomic E-state index is 13.2. The molecule has 154 valence electrons. The predicted octanol–water partition coefficient (Wildman–Crippen LogP) is 4.54. The van der Waals surface area contributed by atoms with E-state index in [0.717, 1.165) is 13.2 Å². The number of ether oxygens (including phenoxy) is 2. The maximum Gasteiger partial charge on any atom is 0.417 e. The summed E-state index contributed by atoms with van der Waals surface area (Å²) in [5.74, 6) is 0.151. The summed E-state index contributed by atoms with van der Waals surface area (Å²) < 4.78 is 115. The predicted molar refractivity (Wildman–Crippen MR) is 86.8 cm³/mol. The Bertz CT molecular complexity index is 970. The summed E-state index contributed by atoms with van der Waals surface area (Å²) >= 11 is 0. The highest BCUT2D eigenvalue weighted by atomic mass is 32.2. The van der Waals surface area contributed by atoms with Crippen LogP contribution in [0.1, 0.15) is 11.1 Å². The van der Waals surface area contributed by atoms with Crippen LogP contribution in [-0.2, 0) is 22.4 Å². The second-order valence-corrected chi connectivity index (χ2v) is 7.03. The van der Waals surface area contributed by atoms with Gasteiger partial charge < -0.3 is 9.47 Å². The van der Waals surface area contributed by atoms with Gasteiger partial charge in [0.2, 0.25) is 0 Å². The van der Waals surface area contributed by atoms with Crippen molar-refractivity contribution in [3.8, 4) is 11.5 Å². The van der Waals surface area contributed by atoms with Gasteiger partial charge in [0.05, 0.1) is 31.0 Å². The molecule has 0 heterocycles. The largest absolute Gasteiger partial charge is 0.497 e. The molecular weight excluding hydrogens is 416 g/mol. The van der Waals surface area contributed by atoms with Crippen LogP contribution in [-0.4, -0.2) is 22.6 Å². The number of alkyl halides is 6. The molecular formula is C16H13F6NO4S.